The van der Waals surface area contributed by atoms with Crippen LogP contribution < -0.4 is 5.32 Å². The summed E-state index contributed by atoms with van der Waals surface area (Å²) in [6.07, 6.45) is 1.85. The summed E-state index contributed by atoms with van der Waals surface area (Å²) in [5, 5.41) is 12.4. The number of carbonyl (C=O) groups excluding carboxylic acids is 1. The number of hydrogen-bond donors (Lipinski definition) is 2. The Kier molecular flexibility index (Phi) is 4.68. The molecule has 0 saturated heterocycles. The topological polar surface area (TPSA) is 83.8 Å². The van der Waals surface area contributed by atoms with E-state index >= 15 is 0 Å². The normalized spacial score (nSPS) is 11.0. The third-order valence-electron chi connectivity index (χ3n) is 4.06. The van der Waals surface area contributed by atoms with Crippen molar-refractivity contribution in [2.75, 3.05) is 11.1 Å². The van der Waals surface area contributed by atoms with Crippen LogP contribution in [0.1, 0.15) is 11.1 Å². The number of benzene rings is 2. The first-order chi connectivity index (χ1) is 13.1. The summed E-state index contributed by atoms with van der Waals surface area (Å²) in [6.45, 7) is 4.00. The van der Waals surface area contributed by atoms with E-state index in [0.29, 0.717) is 11.1 Å². The van der Waals surface area contributed by atoms with Crippen LogP contribution in [0.3, 0.4) is 0 Å². The van der Waals surface area contributed by atoms with Crippen LogP contribution in [0.25, 0.3) is 22.4 Å². The summed E-state index contributed by atoms with van der Waals surface area (Å²) in [5.74, 6) is 0.518. The fraction of sp³-hybridized carbons (Fsp3) is 0.150. The molecular weight excluding hydrogens is 360 g/mol. The SMILES string of the molecule is Cc1cc(C)cc(NC(=O)CSc2nnc(-c3c[nH]c4ccccc34)o2)c1. The number of para-hydroxylation sites is 1. The molecule has 2 aromatic carbocycles. The lowest BCUT2D eigenvalue weighted by molar-refractivity contribution is -0.113. The highest BCUT2D eigenvalue weighted by molar-refractivity contribution is 7.99. The molecular formula is C20H18N4O2S. The van der Waals surface area contributed by atoms with Crippen molar-refractivity contribution in [2.45, 2.75) is 19.1 Å². The van der Waals surface area contributed by atoms with E-state index in [0.717, 1.165) is 33.3 Å². The number of fused-ring (bicyclic) bond motifs is 1. The number of aromatic nitrogens is 3. The summed E-state index contributed by atoms with van der Waals surface area (Å²) in [6, 6.07) is 13.9. The maximum atomic E-state index is 12.2. The largest absolute Gasteiger partial charge is 0.411 e. The molecule has 0 unspecified atom stereocenters. The van der Waals surface area contributed by atoms with Gasteiger partial charge in [0.2, 0.25) is 5.91 Å². The quantitative estimate of drug-likeness (QED) is 0.497. The number of carbonyl (C=O) groups is 1. The zero-order chi connectivity index (χ0) is 18.8. The molecule has 0 bridgehead atoms. The Morgan fingerprint density at radius 1 is 1.15 bits per heavy atom. The van der Waals surface area contributed by atoms with Crippen molar-refractivity contribution >= 4 is 34.3 Å². The van der Waals surface area contributed by atoms with Crippen LogP contribution in [-0.4, -0.2) is 26.8 Å². The van der Waals surface area contributed by atoms with Crippen LogP contribution in [0.2, 0.25) is 0 Å². The molecule has 4 rings (SSSR count). The highest BCUT2D eigenvalue weighted by Crippen LogP contribution is 2.29. The van der Waals surface area contributed by atoms with Crippen LogP contribution in [0.5, 0.6) is 0 Å². The first-order valence-corrected chi connectivity index (χ1v) is 9.48. The summed E-state index contributed by atoms with van der Waals surface area (Å²) in [7, 11) is 0. The predicted molar refractivity (Wildman–Crippen MR) is 107 cm³/mol. The van der Waals surface area contributed by atoms with E-state index in [9.17, 15) is 4.79 Å². The van der Waals surface area contributed by atoms with Gasteiger partial charge in [0.15, 0.2) is 0 Å². The van der Waals surface area contributed by atoms with Crippen molar-refractivity contribution in [1.82, 2.24) is 15.2 Å². The van der Waals surface area contributed by atoms with Crippen molar-refractivity contribution in [3.05, 3.63) is 59.8 Å². The maximum absolute atomic E-state index is 12.2. The van der Waals surface area contributed by atoms with Crippen molar-refractivity contribution < 1.29 is 9.21 Å². The Bertz CT molecular complexity index is 1100. The summed E-state index contributed by atoms with van der Waals surface area (Å²) >= 11 is 1.22. The Balaban J connectivity index is 1.41. The molecule has 2 N–H and O–H groups in total. The molecule has 0 aliphatic rings. The zero-order valence-corrected chi connectivity index (χ0v) is 15.8. The van der Waals surface area contributed by atoms with Crippen molar-refractivity contribution in [2.24, 2.45) is 0 Å². The molecule has 7 heteroatoms. The van der Waals surface area contributed by atoms with Crippen molar-refractivity contribution in [3.8, 4) is 11.5 Å². The molecule has 0 saturated carbocycles. The molecule has 0 fully saturated rings. The number of amides is 1. The number of rotatable bonds is 5. The smallest absolute Gasteiger partial charge is 0.277 e. The number of anilines is 1. The molecule has 0 atom stereocenters. The van der Waals surface area contributed by atoms with E-state index in [1.165, 1.54) is 11.8 Å². The highest BCUT2D eigenvalue weighted by Gasteiger charge is 2.14. The second-order valence-corrected chi connectivity index (χ2v) is 7.26. The van der Waals surface area contributed by atoms with Gasteiger partial charge in [0.05, 0.1) is 11.3 Å². The lowest BCUT2D eigenvalue weighted by Crippen LogP contribution is -2.14. The predicted octanol–water partition coefficient (Wildman–Crippen LogP) is 4.57. The molecule has 1 amide bonds. The second kappa shape index (κ2) is 7.28. The van der Waals surface area contributed by atoms with Crippen LogP contribution in [-0.2, 0) is 4.79 Å². The minimum Gasteiger partial charge on any atom is -0.411 e. The number of H-pyrrole nitrogens is 1. The van der Waals surface area contributed by atoms with Crippen LogP contribution in [0, 0.1) is 13.8 Å². The van der Waals surface area contributed by atoms with Gasteiger partial charge in [-0.25, -0.2) is 0 Å². The van der Waals surface area contributed by atoms with Gasteiger partial charge in [0.25, 0.3) is 11.1 Å². The zero-order valence-electron chi connectivity index (χ0n) is 14.9. The van der Waals surface area contributed by atoms with Gasteiger partial charge in [-0.05, 0) is 43.2 Å². The Labute approximate surface area is 160 Å². The van der Waals surface area contributed by atoms with Gasteiger partial charge in [-0.15, -0.1) is 10.2 Å². The van der Waals surface area contributed by atoms with Crippen LogP contribution in [0.15, 0.2) is 58.3 Å². The van der Waals surface area contributed by atoms with Gasteiger partial charge < -0.3 is 14.7 Å². The average molecular weight is 378 g/mol. The maximum Gasteiger partial charge on any atom is 0.277 e. The van der Waals surface area contributed by atoms with Gasteiger partial charge in [-0.1, -0.05) is 36.0 Å². The third-order valence-corrected chi connectivity index (χ3v) is 4.88. The Hall–Kier alpha value is -3.06. The van der Waals surface area contributed by atoms with E-state index in [1.807, 2.05) is 56.4 Å². The van der Waals surface area contributed by atoms with Gasteiger partial charge in [-0.2, -0.15) is 0 Å². The monoisotopic (exact) mass is 378 g/mol. The summed E-state index contributed by atoms with van der Waals surface area (Å²) < 4.78 is 5.72. The standard InChI is InChI=1S/C20H18N4O2S/c1-12-7-13(2)9-14(8-12)22-18(25)11-27-20-24-23-19(26-20)16-10-21-17-6-4-3-5-15(16)17/h3-10,21H,11H2,1-2H3,(H,22,25). The van der Waals surface area contributed by atoms with E-state index < -0.39 is 0 Å². The molecule has 0 aliphatic heterocycles. The van der Waals surface area contributed by atoms with Crippen LogP contribution in [0.4, 0.5) is 5.69 Å². The summed E-state index contributed by atoms with van der Waals surface area (Å²) in [4.78, 5) is 15.4. The molecule has 2 heterocycles. The van der Waals surface area contributed by atoms with E-state index in [1.54, 1.807) is 0 Å². The highest BCUT2D eigenvalue weighted by atomic mass is 32.2. The summed E-state index contributed by atoms with van der Waals surface area (Å²) in [5.41, 5.74) is 4.87. The van der Waals surface area contributed by atoms with Crippen LogP contribution >= 0.6 is 11.8 Å². The molecule has 136 valence electrons. The minimum atomic E-state index is -0.114. The lowest BCUT2D eigenvalue weighted by atomic mass is 10.1. The number of aryl methyl sites for hydroxylation is 2. The fourth-order valence-corrected chi connectivity index (χ4v) is 3.56. The molecule has 27 heavy (non-hydrogen) atoms. The van der Waals surface area contributed by atoms with Gasteiger partial charge in [0, 0.05) is 22.8 Å². The molecule has 2 aromatic heterocycles. The van der Waals surface area contributed by atoms with Gasteiger partial charge in [0.1, 0.15) is 0 Å². The number of hydrogen-bond acceptors (Lipinski definition) is 5. The lowest BCUT2D eigenvalue weighted by Gasteiger charge is -2.06. The van der Waals surface area contributed by atoms with E-state index in [4.69, 9.17) is 4.42 Å². The molecule has 0 spiro atoms. The second-order valence-electron chi connectivity index (χ2n) is 6.33. The number of thioether (sulfide) groups is 1. The third kappa shape index (κ3) is 3.88. The minimum absolute atomic E-state index is 0.114. The first-order valence-electron chi connectivity index (χ1n) is 8.49. The van der Waals surface area contributed by atoms with Crippen molar-refractivity contribution in [3.63, 3.8) is 0 Å². The van der Waals surface area contributed by atoms with E-state index in [2.05, 4.69) is 26.6 Å². The van der Waals surface area contributed by atoms with Crippen molar-refractivity contribution in [1.29, 1.82) is 0 Å². The Morgan fingerprint density at radius 3 is 2.74 bits per heavy atom. The van der Waals surface area contributed by atoms with Gasteiger partial charge >= 0.3 is 0 Å². The molecule has 4 aromatic rings. The molecule has 0 aliphatic carbocycles. The fourth-order valence-electron chi connectivity index (χ4n) is 3.00. The number of nitrogens with one attached hydrogen (secondary N) is 2. The number of nitrogens with zero attached hydrogens (tertiary/aromatic N) is 2. The Morgan fingerprint density at radius 2 is 1.93 bits per heavy atom. The molecule has 6 nitrogen and oxygen atoms in total. The average Bonchev–Trinajstić information content (AvgIpc) is 3.25. The first kappa shape index (κ1) is 17.4. The number of aromatic amines is 1. The molecule has 0 radical (unpaired) electrons. The van der Waals surface area contributed by atoms with E-state index in [-0.39, 0.29) is 11.7 Å². The van der Waals surface area contributed by atoms with Gasteiger partial charge in [-0.3, -0.25) is 4.79 Å².